The van der Waals surface area contributed by atoms with Crippen LogP contribution in [0, 0.1) is 6.92 Å². The zero-order valence-corrected chi connectivity index (χ0v) is 21.3. The Morgan fingerprint density at radius 3 is 2.28 bits per heavy atom. The lowest BCUT2D eigenvalue weighted by Gasteiger charge is -2.41. The number of methoxy groups -OCH3 is 2. The molecule has 3 aromatic rings. The van der Waals surface area contributed by atoms with Gasteiger partial charge in [-0.05, 0) is 42.5 Å². The van der Waals surface area contributed by atoms with Gasteiger partial charge in [0.05, 0.1) is 19.9 Å². The van der Waals surface area contributed by atoms with Gasteiger partial charge in [-0.3, -0.25) is 14.5 Å². The predicted octanol–water partition coefficient (Wildman–Crippen LogP) is 6.59. The summed E-state index contributed by atoms with van der Waals surface area (Å²) in [5.74, 6) is 0.741. The van der Waals surface area contributed by atoms with Crippen LogP contribution in [0.15, 0.2) is 78.0 Å². The van der Waals surface area contributed by atoms with Crippen molar-refractivity contribution >= 4 is 29.0 Å². The Bertz CT molecular complexity index is 1360. The van der Waals surface area contributed by atoms with Gasteiger partial charge in [-0.1, -0.05) is 60.1 Å². The van der Waals surface area contributed by atoms with Crippen molar-refractivity contribution in [3.63, 3.8) is 0 Å². The Labute approximate surface area is 216 Å². The summed E-state index contributed by atoms with van der Waals surface area (Å²) in [5.41, 5.74) is 4.79. The van der Waals surface area contributed by atoms with Gasteiger partial charge < -0.3 is 9.47 Å². The maximum atomic E-state index is 13.9. The van der Waals surface area contributed by atoms with Crippen LogP contribution in [0.2, 0.25) is 5.02 Å². The molecule has 1 heterocycles. The normalized spacial score (nSPS) is 19.8. The molecule has 1 aliphatic carbocycles. The van der Waals surface area contributed by atoms with Gasteiger partial charge >= 0.3 is 0 Å². The number of halogens is 1. The SMILES string of the molecule is COc1ccccc1C1CC(=O)N(c2cc(C)c(Cl)cc2OC)C2=C1C(=O)CC(c1ccccc1)C2. The molecule has 2 aliphatic rings. The number of rotatable bonds is 5. The van der Waals surface area contributed by atoms with Gasteiger partial charge in [-0.2, -0.15) is 0 Å². The number of carbonyl (C=O) groups is 2. The zero-order chi connectivity index (χ0) is 25.4. The fourth-order valence-electron chi connectivity index (χ4n) is 5.48. The Hall–Kier alpha value is -3.57. The van der Waals surface area contributed by atoms with E-state index in [-0.39, 0.29) is 29.9 Å². The molecule has 0 N–H and O–H groups in total. The quantitative estimate of drug-likeness (QED) is 0.396. The molecule has 36 heavy (non-hydrogen) atoms. The third kappa shape index (κ3) is 4.18. The summed E-state index contributed by atoms with van der Waals surface area (Å²) in [6, 6.07) is 21.2. The molecular formula is C30H28ClNO4. The van der Waals surface area contributed by atoms with Gasteiger partial charge in [0, 0.05) is 46.7 Å². The first-order valence-electron chi connectivity index (χ1n) is 12.0. The number of aryl methyl sites for hydroxylation is 1. The first kappa shape index (κ1) is 24.1. The molecule has 6 heteroatoms. The molecule has 1 amide bonds. The van der Waals surface area contributed by atoms with Crippen molar-refractivity contribution in [3.8, 4) is 11.5 Å². The molecule has 0 saturated heterocycles. The molecule has 5 rings (SSSR count). The Morgan fingerprint density at radius 1 is 0.861 bits per heavy atom. The van der Waals surface area contributed by atoms with Crippen LogP contribution in [-0.4, -0.2) is 25.9 Å². The summed E-state index contributed by atoms with van der Waals surface area (Å²) in [6.45, 7) is 1.89. The van der Waals surface area contributed by atoms with Crippen molar-refractivity contribution in [3.05, 3.63) is 99.7 Å². The molecule has 0 radical (unpaired) electrons. The van der Waals surface area contributed by atoms with Crippen molar-refractivity contribution in [2.24, 2.45) is 0 Å². The lowest BCUT2D eigenvalue weighted by molar-refractivity contribution is -0.120. The first-order valence-corrected chi connectivity index (χ1v) is 12.4. The van der Waals surface area contributed by atoms with E-state index in [1.807, 2.05) is 67.6 Å². The number of ketones is 1. The van der Waals surface area contributed by atoms with E-state index in [1.54, 1.807) is 25.2 Å². The molecule has 184 valence electrons. The van der Waals surface area contributed by atoms with Crippen LogP contribution in [0.1, 0.15) is 47.8 Å². The van der Waals surface area contributed by atoms with Crippen LogP contribution in [0.25, 0.3) is 0 Å². The number of amides is 1. The molecule has 0 fully saturated rings. The third-order valence-corrected chi connectivity index (χ3v) is 7.62. The van der Waals surface area contributed by atoms with Crippen LogP contribution < -0.4 is 14.4 Å². The minimum atomic E-state index is -0.372. The van der Waals surface area contributed by atoms with Gasteiger partial charge in [0.1, 0.15) is 11.5 Å². The number of ether oxygens (including phenoxy) is 2. The zero-order valence-electron chi connectivity index (χ0n) is 20.6. The molecule has 2 unspecified atom stereocenters. The summed E-state index contributed by atoms with van der Waals surface area (Å²) in [7, 11) is 3.17. The van der Waals surface area contributed by atoms with E-state index in [4.69, 9.17) is 21.1 Å². The predicted molar refractivity (Wildman–Crippen MR) is 141 cm³/mol. The minimum absolute atomic E-state index is 0.0245. The van der Waals surface area contributed by atoms with Gasteiger partial charge in [-0.25, -0.2) is 0 Å². The number of nitrogens with zero attached hydrogens (tertiary/aromatic N) is 1. The second-order valence-electron chi connectivity index (χ2n) is 9.30. The second-order valence-corrected chi connectivity index (χ2v) is 9.71. The molecule has 0 bridgehead atoms. The largest absolute Gasteiger partial charge is 0.496 e. The monoisotopic (exact) mass is 501 g/mol. The van der Waals surface area contributed by atoms with E-state index in [2.05, 4.69) is 0 Å². The minimum Gasteiger partial charge on any atom is -0.496 e. The average molecular weight is 502 g/mol. The maximum Gasteiger partial charge on any atom is 0.232 e. The molecule has 0 spiro atoms. The van der Waals surface area contributed by atoms with E-state index in [0.29, 0.717) is 40.6 Å². The number of allylic oxidation sites excluding steroid dienone is 2. The number of Topliss-reactive ketones (excluding diaryl/α,β-unsaturated/α-hetero) is 1. The second kappa shape index (κ2) is 9.82. The van der Waals surface area contributed by atoms with Crippen LogP contribution >= 0.6 is 11.6 Å². The number of hydrogen-bond acceptors (Lipinski definition) is 4. The Morgan fingerprint density at radius 2 is 1.56 bits per heavy atom. The fourth-order valence-corrected chi connectivity index (χ4v) is 5.64. The Kier molecular flexibility index (Phi) is 6.59. The molecular weight excluding hydrogens is 474 g/mol. The van der Waals surface area contributed by atoms with E-state index in [0.717, 1.165) is 22.4 Å². The third-order valence-electron chi connectivity index (χ3n) is 7.22. The van der Waals surface area contributed by atoms with Gasteiger partial charge in [0.2, 0.25) is 5.91 Å². The maximum absolute atomic E-state index is 13.9. The highest BCUT2D eigenvalue weighted by molar-refractivity contribution is 6.31. The van der Waals surface area contributed by atoms with Crippen LogP contribution in [0.5, 0.6) is 11.5 Å². The Balaban J connectivity index is 1.72. The van der Waals surface area contributed by atoms with Crippen LogP contribution in [0.4, 0.5) is 5.69 Å². The number of benzene rings is 3. The highest BCUT2D eigenvalue weighted by Crippen LogP contribution is 2.50. The van der Waals surface area contributed by atoms with Crippen molar-refractivity contribution in [2.75, 3.05) is 19.1 Å². The molecule has 3 aromatic carbocycles. The number of hydrogen-bond donors (Lipinski definition) is 0. The van der Waals surface area contributed by atoms with E-state index < -0.39 is 0 Å². The van der Waals surface area contributed by atoms with Gasteiger partial charge in [0.15, 0.2) is 5.78 Å². The van der Waals surface area contributed by atoms with Gasteiger partial charge in [0.25, 0.3) is 0 Å². The lowest BCUT2D eigenvalue weighted by atomic mass is 9.72. The standard InChI is InChI=1S/C30H28ClNO4/c1-18-13-24(28(36-3)17-23(18)31)32-25-14-20(19-9-5-4-6-10-19)15-26(33)30(25)22(16-29(32)34)21-11-7-8-12-27(21)35-2/h4-13,17,20,22H,14-16H2,1-3H3. The topological polar surface area (TPSA) is 55.8 Å². The number of para-hydroxylation sites is 1. The molecule has 2 atom stereocenters. The van der Waals surface area contributed by atoms with E-state index in [9.17, 15) is 9.59 Å². The lowest BCUT2D eigenvalue weighted by Crippen LogP contribution is -2.42. The number of anilines is 1. The van der Waals surface area contributed by atoms with Crippen LogP contribution in [0.3, 0.4) is 0 Å². The smallest absolute Gasteiger partial charge is 0.232 e. The van der Waals surface area contributed by atoms with E-state index in [1.165, 1.54) is 0 Å². The highest BCUT2D eigenvalue weighted by atomic mass is 35.5. The molecule has 0 aromatic heterocycles. The molecule has 5 nitrogen and oxygen atoms in total. The average Bonchev–Trinajstić information content (AvgIpc) is 2.90. The van der Waals surface area contributed by atoms with Gasteiger partial charge in [-0.15, -0.1) is 0 Å². The van der Waals surface area contributed by atoms with Crippen molar-refractivity contribution in [1.82, 2.24) is 0 Å². The van der Waals surface area contributed by atoms with Crippen molar-refractivity contribution < 1.29 is 19.1 Å². The summed E-state index contributed by atoms with van der Waals surface area (Å²) in [5, 5.41) is 0.558. The summed E-state index contributed by atoms with van der Waals surface area (Å²) in [6.07, 6.45) is 1.12. The number of carbonyl (C=O) groups excluding carboxylic acids is 2. The van der Waals surface area contributed by atoms with Crippen molar-refractivity contribution in [1.29, 1.82) is 0 Å². The first-order chi connectivity index (χ1) is 17.4. The fraction of sp³-hybridized carbons (Fsp3) is 0.267. The highest BCUT2D eigenvalue weighted by Gasteiger charge is 2.43. The van der Waals surface area contributed by atoms with E-state index >= 15 is 0 Å². The van der Waals surface area contributed by atoms with Crippen molar-refractivity contribution in [2.45, 2.75) is 38.0 Å². The van der Waals surface area contributed by atoms with Crippen LogP contribution in [-0.2, 0) is 9.59 Å². The summed E-state index contributed by atoms with van der Waals surface area (Å²) < 4.78 is 11.3. The summed E-state index contributed by atoms with van der Waals surface area (Å²) in [4.78, 5) is 29.5. The molecule has 0 saturated carbocycles. The summed E-state index contributed by atoms with van der Waals surface area (Å²) >= 11 is 6.38. The molecule has 1 aliphatic heterocycles.